The van der Waals surface area contributed by atoms with E-state index < -0.39 is 5.54 Å². The zero-order valence-corrected chi connectivity index (χ0v) is 15.8. The summed E-state index contributed by atoms with van der Waals surface area (Å²) in [4.78, 5) is 28.5. The van der Waals surface area contributed by atoms with E-state index in [1.807, 2.05) is 4.90 Å². The molecule has 0 spiro atoms. The van der Waals surface area contributed by atoms with E-state index in [2.05, 4.69) is 10.2 Å². The second-order valence-corrected chi connectivity index (χ2v) is 7.13. The van der Waals surface area contributed by atoms with Crippen molar-refractivity contribution in [3.63, 3.8) is 0 Å². The Hall–Kier alpha value is -0.560. The molecular weight excluding hydrogens is 351 g/mol. The molecule has 0 aromatic carbocycles. The summed E-state index contributed by atoms with van der Waals surface area (Å²) in [5.74, 6) is 0.235. The number of amides is 2. The Balaban J connectivity index is 0.00000144. The van der Waals surface area contributed by atoms with Crippen LogP contribution in [-0.4, -0.2) is 65.9 Å². The monoisotopic (exact) mass is 380 g/mol. The molecule has 0 aromatic heterocycles. The maximum atomic E-state index is 12.7. The van der Waals surface area contributed by atoms with Gasteiger partial charge >= 0.3 is 0 Å². The first-order chi connectivity index (χ1) is 10.6. The predicted octanol–water partition coefficient (Wildman–Crippen LogP) is 0.914. The molecule has 8 heteroatoms. The Morgan fingerprint density at radius 3 is 2.12 bits per heavy atom. The lowest BCUT2D eigenvalue weighted by Crippen LogP contribution is -2.60. The number of carbonyl (C=O) groups is 2. The second kappa shape index (κ2) is 9.22. The van der Waals surface area contributed by atoms with Crippen LogP contribution in [0.2, 0.25) is 0 Å². The number of halogens is 2. The van der Waals surface area contributed by atoms with Gasteiger partial charge in [0.1, 0.15) is 0 Å². The number of carbonyl (C=O) groups excluding carboxylic acids is 2. The van der Waals surface area contributed by atoms with Crippen molar-refractivity contribution >= 4 is 36.6 Å². The van der Waals surface area contributed by atoms with Gasteiger partial charge in [-0.25, -0.2) is 0 Å². The van der Waals surface area contributed by atoms with E-state index in [0.717, 1.165) is 51.6 Å². The quantitative estimate of drug-likeness (QED) is 0.759. The van der Waals surface area contributed by atoms with Crippen molar-refractivity contribution in [3.8, 4) is 0 Å². The smallest absolute Gasteiger partial charge is 0.242 e. The van der Waals surface area contributed by atoms with Gasteiger partial charge in [0.2, 0.25) is 11.8 Å². The molecule has 0 unspecified atom stereocenters. The lowest BCUT2D eigenvalue weighted by atomic mass is 9.81. The molecule has 2 aliphatic carbocycles. The van der Waals surface area contributed by atoms with Crippen LogP contribution in [0.3, 0.4) is 0 Å². The summed E-state index contributed by atoms with van der Waals surface area (Å²) in [7, 11) is 0. The molecule has 1 heterocycles. The van der Waals surface area contributed by atoms with E-state index >= 15 is 0 Å². The lowest BCUT2D eigenvalue weighted by Gasteiger charge is -2.40. The molecule has 0 radical (unpaired) electrons. The molecular formula is C16H30Cl2N4O2. The molecule has 1 aliphatic heterocycles. The summed E-state index contributed by atoms with van der Waals surface area (Å²) in [5, 5.41) is 3.01. The first kappa shape index (κ1) is 21.5. The molecule has 2 saturated carbocycles. The highest BCUT2D eigenvalue weighted by molar-refractivity contribution is 5.86. The summed E-state index contributed by atoms with van der Waals surface area (Å²) in [5.41, 5.74) is 5.71. The maximum Gasteiger partial charge on any atom is 0.242 e. The van der Waals surface area contributed by atoms with Crippen molar-refractivity contribution in [2.75, 3.05) is 32.7 Å². The van der Waals surface area contributed by atoms with Gasteiger partial charge in [-0.15, -0.1) is 24.8 Å². The zero-order valence-electron chi connectivity index (χ0n) is 14.2. The van der Waals surface area contributed by atoms with Gasteiger partial charge in [-0.1, -0.05) is 19.3 Å². The number of nitrogens with two attached hydrogens (primary N) is 1. The highest BCUT2D eigenvalue weighted by atomic mass is 35.5. The van der Waals surface area contributed by atoms with E-state index in [4.69, 9.17) is 5.73 Å². The lowest BCUT2D eigenvalue weighted by molar-refractivity contribution is -0.140. The second-order valence-electron chi connectivity index (χ2n) is 7.13. The Kier molecular flexibility index (Phi) is 8.26. The van der Waals surface area contributed by atoms with E-state index in [1.54, 1.807) is 0 Å². The molecule has 2 amide bonds. The SMILES string of the molecule is Cl.Cl.NC1(C(=O)N2CCN(CC(=O)NC3CC3)CC2)CCCCC1. The van der Waals surface area contributed by atoms with Gasteiger partial charge in [0.15, 0.2) is 0 Å². The van der Waals surface area contributed by atoms with Gasteiger partial charge in [-0.05, 0) is 25.7 Å². The Morgan fingerprint density at radius 1 is 1.00 bits per heavy atom. The molecule has 24 heavy (non-hydrogen) atoms. The molecule has 3 fully saturated rings. The molecule has 1 saturated heterocycles. The highest BCUT2D eigenvalue weighted by Gasteiger charge is 2.39. The van der Waals surface area contributed by atoms with Crippen LogP contribution in [0.1, 0.15) is 44.9 Å². The number of nitrogens with one attached hydrogen (secondary N) is 1. The fourth-order valence-electron chi connectivity index (χ4n) is 3.52. The molecule has 0 atom stereocenters. The summed E-state index contributed by atoms with van der Waals surface area (Å²) in [6.07, 6.45) is 7.17. The van der Waals surface area contributed by atoms with Gasteiger partial charge < -0.3 is 16.0 Å². The van der Waals surface area contributed by atoms with Gasteiger partial charge in [0.05, 0.1) is 12.1 Å². The summed E-state index contributed by atoms with van der Waals surface area (Å²) < 4.78 is 0. The Bertz CT molecular complexity index is 432. The number of hydrogen-bond acceptors (Lipinski definition) is 4. The topological polar surface area (TPSA) is 78.7 Å². The fourth-order valence-corrected chi connectivity index (χ4v) is 3.52. The number of hydrogen-bond donors (Lipinski definition) is 2. The fraction of sp³-hybridized carbons (Fsp3) is 0.875. The first-order valence-corrected chi connectivity index (χ1v) is 8.67. The zero-order chi connectivity index (χ0) is 15.6. The van der Waals surface area contributed by atoms with E-state index in [9.17, 15) is 9.59 Å². The number of piperazine rings is 1. The van der Waals surface area contributed by atoms with Crippen molar-refractivity contribution in [2.45, 2.75) is 56.5 Å². The van der Waals surface area contributed by atoms with Crippen LogP contribution in [0.25, 0.3) is 0 Å². The minimum Gasteiger partial charge on any atom is -0.352 e. The Labute approximate surface area is 156 Å². The van der Waals surface area contributed by atoms with Crippen LogP contribution in [0.4, 0.5) is 0 Å². The normalized spacial score (nSPS) is 23.6. The van der Waals surface area contributed by atoms with E-state index in [1.165, 1.54) is 6.42 Å². The van der Waals surface area contributed by atoms with Crippen LogP contribution in [0.15, 0.2) is 0 Å². The summed E-state index contributed by atoms with van der Waals surface area (Å²) in [6.45, 7) is 3.36. The molecule has 0 aromatic rings. The minimum atomic E-state index is -0.635. The average molecular weight is 381 g/mol. The van der Waals surface area contributed by atoms with Crippen LogP contribution in [-0.2, 0) is 9.59 Å². The molecule has 3 aliphatic rings. The van der Waals surface area contributed by atoms with Gasteiger partial charge in [0, 0.05) is 32.2 Å². The van der Waals surface area contributed by atoms with Gasteiger partial charge in [-0.2, -0.15) is 0 Å². The maximum absolute atomic E-state index is 12.7. The van der Waals surface area contributed by atoms with Crippen molar-refractivity contribution in [1.29, 1.82) is 0 Å². The van der Waals surface area contributed by atoms with Crippen LogP contribution in [0, 0.1) is 0 Å². The van der Waals surface area contributed by atoms with Crippen molar-refractivity contribution in [1.82, 2.24) is 15.1 Å². The van der Waals surface area contributed by atoms with Crippen LogP contribution in [0.5, 0.6) is 0 Å². The van der Waals surface area contributed by atoms with E-state index in [0.29, 0.717) is 25.7 Å². The predicted molar refractivity (Wildman–Crippen MR) is 98.7 cm³/mol. The standard InChI is InChI=1S/C16H28N4O2.2ClH/c17-16(6-2-1-3-7-16)15(22)20-10-8-19(9-11-20)12-14(21)18-13-4-5-13;;/h13H,1-12,17H2,(H,18,21);2*1H. The number of nitrogens with zero attached hydrogens (tertiary/aromatic N) is 2. The van der Waals surface area contributed by atoms with Gasteiger partial charge in [-0.3, -0.25) is 14.5 Å². The average Bonchev–Trinajstić information content (AvgIpc) is 3.32. The van der Waals surface area contributed by atoms with Gasteiger partial charge in [0.25, 0.3) is 0 Å². The molecule has 6 nitrogen and oxygen atoms in total. The third-order valence-electron chi connectivity index (χ3n) is 5.14. The number of rotatable bonds is 4. The molecule has 140 valence electrons. The largest absolute Gasteiger partial charge is 0.352 e. The molecule has 3 rings (SSSR count). The van der Waals surface area contributed by atoms with Crippen molar-refractivity contribution in [2.24, 2.45) is 5.73 Å². The first-order valence-electron chi connectivity index (χ1n) is 8.67. The van der Waals surface area contributed by atoms with Crippen molar-refractivity contribution in [3.05, 3.63) is 0 Å². The Morgan fingerprint density at radius 2 is 1.58 bits per heavy atom. The minimum absolute atomic E-state index is 0. The molecule has 0 bridgehead atoms. The van der Waals surface area contributed by atoms with Crippen LogP contribution >= 0.6 is 24.8 Å². The van der Waals surface area contributed by atoms with Crippen molar-refractivity contribution < 1.29 is 9.59 Å². The third-order valence-corrected chi connectivity index (χ3v) is 5.14. The van der Waals surface area contributed by atoms with Crippen LogP contribution < -0.4 is 11.1 Å². The summed E-state index contributed by atoms with van der Waals surface area (Å²) >= 11 is 0. The third kappa shape index (κ3) is 5.48. The molecule has 3 N–H and O–H groups in total. The summed E-state index contributed by atoms with van der Waals surface area (Å²) in [6, 6.07) is 0.416. The van der Waals surface area contributed by atoms with E-state index in [-0.39, 0.29) is 36.6 Å². The highest BCUT2D eigenvalue weighted by Crippen LogP contribution is 2.28.